The van der Waals surface area contributed by atoms with Crippen molar-refractivity contribution in [2.24, 2.45) is 0 Å². The fraction of sp³-hybridized carbons (Fsp3) is 0.300. The smallest absolute Gasteiger partial charge is 0.414 e. The van der Waals surface area contributed by atoms with E-state index in [4.69, 9.17) is 21.1 Å². The van der Waals surface area contributed by atoms with Crippen LogP contribution in [0.3, 0.4) is 0 Å². The minimum Gasteiger partial charge on any atom is -0.490 e. The number of rotatable bonds is 7. The highest BCUT2D eigenvalue weighted by Crippen LogP contribution is 2.22. The summed E-state index contributed by atoms with van der Waals surface area (Å²) >= 11 is 5.97. The van der Waals surface area contributed by atoms with Gasteiger partial charge in [-0.05, 0) is 36.2 Å². The van der Waals surface area contributed by atoms with Crippen LogP contribution >= 0.6 is 11.6 Å². The minimum atomic E-state index is -0.719. The van der Waals surface area contributed by atoms with Gasteiger partial charge in [0, 0.05) is 5.69 Å². The van der Waals surface area contributed by atoms with Crippen LogP contribution in [-0.2, 0) is 20.7 Å². The van der Waals surface area contributed by atoms with Crippen molar-refractivity contribution < 1.29 is 23.8 Å². The zero-order chi connectivity index (χ0) is 19.2. The van der Waals surface area contributed by atoms with E-state index in [9.17, 15) is 9.59 Å². The number of hydrogen-bond donors (Lipinski definition) is 0. The van der Waals surface area contributed by atoms with Gasteiger partial charge in [0.15, 0.2) is 6.10 Å². The minimum absolute atomic E-state index is 0.259. The Labute approximate surface area is 162 Å². The molecule has 1 aliphatic heterocycles. The molecule has 0 saturated carbocycles. The number of hydrogen-bond acceptors (Lipinski definition) is 5. The summed E-state index contributed by atoms with van der Waals surface area (Å²) in [4.78, 5) is 25.0. The highest BCUT2D eigenvalue weighted by molar-refractivity contribution is 6.30. The van der Waals surface area contributed by atoms with Gasteiger partial charge >= 0.3 is 12.1 Å². The summed E-state index contributed by atoms with van der Waals surface area (Å²) in [5, 5.41) is -0.719. The molecule has 1 saturated heterocycles. The van der Waals surface area contributed by atoms with Gasteiger partial charge in [-0.3, -0.25) is 9.69 Å². The summed E-state index contributed by atoms with van der Waals surface area (Å²) in [6.07, 6.45) is -0.342. The third-order valence-corrected chi connectivity index (χ3v) is 4.51. The third-order valence-electron chi connectivity index (χ3n) is 4.17. The number of alkyl halides is 1. The lowest BCUT2D eigenvalue weighted by molar-refractivity contribution is -0.140. The van der Waals surface area contributed by atoms with E-state index in [1.54, 1.807) is 17.0 Å². The summed E-state index contributed by atoms with van der Waals surface area (Å²) in [5.74, 6) is 0.195. The average molecular weight is 390 g/mol. The molecule has 1 fully saturated rings. The van der Waals surface area contributed by atoms with Crippen molar-refractivity contribution in [3.05, 3.63) is 60.2 Å². The number of nitrogens with zero attached hydrogens (tertiary/aromatic N) is 1. The summed E-state index contributed by atoms with van der Waals surface area (Å²) in [5.41, 5.74) is 1.70. The lowest BCUT2D eigenvalue weighted by atomic mass is 10.1. The molecule has 0 aromatic heterocycles. The first-order valence-corrected chi connectivity index (χ1v) is 8.97. The molecule has 142 valence electrons. The van der Waals surface area contributed by atoms with Gasteiger partial charge in [0.05, 0.1) is 13.7 Å². The van der Waals surface area contributed by atoms with Crippen molar-refractivity contribution in [2.75, 3.05) is 25.2 Å². The SMILES string of the molecule is COC(=O)C(Cl)Cc1ccc(OCC2CN(c3ccccc3)C(=O)O2)cc1. The highest BCUT2D eigenvalue weighted by Gasteiger charge is 2.32. The number of ether oxygens (including phenoxy) is 3. The molecule has 1 aliphatic rings. The van der Waals surface area contributed by atoms with Crippen LogP contribution in [0.15, 0.2) is 54.6 Å². The van der Waals surface area contributed by atoms with Gasteiger partial charge in [-0.15, -0.1) is 11.6 Å². The Hall–Kier alpha value is -2.73. The Morgan fingerprint density at radius 1 is 1.22 bits per heavy atom. The number of methoxy groups -OCH3 is 1. The van der Waals surface area contributed by atoms with Crippen molar-refractivity contribution in [3.8, 4) is 5.75 Å². The van der Waals surface area contributed by atoms with Crippen LogP contribution < -0.4 is 9.64 Å². The zero-order valence-corrected chi connectivity index (χ0v) is 15.6. The van der Waals surface area contributed by atoms with E-state index >= 15 is 0 Å². The number of carbonyl (C=O) groups excluding carboxylic acids is 2. The van der Waals surface area contributed by atoms with Gasteiger partial charge in [0.25, 0.3) is 0 Å². The molecule has 2 aromatic carbocycles. The lowest BCUT2D eigenvalue weighted by Gasteiger charge is -2.13. The number of esters is 1. The number of benzene rings is 2. The normalized spacial score (nSPS) is 17.3. The first-order chi connectivity index (χ1) is 13.1. The van der Waals surface area contributed by atoms with Crippen molar-refractivity contribution in [2.45, 2.75) is 17.9 Å². The molecule has 0 spiro atoms. The van der Waals surface area contributed by atoms with Gasteiger partial charge in [0.1, 0.15) is 17.7 Å². The summed E-state index contributed by atoms with van der Waals surface area (Å²) in [6.45, 7) is 0.697. The van der Waals surface area contributed by atoms with Crippen molar-refractivity contribution in [1.82, 2.24) is 0 Å². The molecular weight excluding hydrogens is 370 g/mol. The fourth-order valence-electron chi connectivity index (χ4n) is 2.76. The molecule has 1 amide bonds. The van der Waals surface area contributed by atoms with Crippen LogP contribution in [0.2, 0.25) is 0 Å². The summed E-state index contributed by atoms with van der Waals surface area (Å²) < 4.78 is 15.7. The van der Waals surface area contributed by atoms with Crippen molar-refractivity contribution >= 4 is 29.4 Å². The zero-order valence-electron chi connectivity index (χ0n) is 14.8. The first kappa shape index (κ1) is 19.0. The predicted octanol–water partition coefficient (Wildman–Crippen LogP) is 3.41. The van der Waals surface area contributed by atoms with Crippen LogP contribution in [-0.4, -0.2) is 43.8 Å². The Bertz CT molecular complexity index is 781. The third kappa shape index (κ3) is 4.92. The molecule has 2 aromatic rings. The molecular formula is C20H20ClNO5. The van der Waals surface area contributed by atoms with E-state index in [1.807, 2.05) is 42.5 Å². The van der Waals surface area contributed by atoms with E-state index in [0.29, 0.717) is 18.7 Å². The standard InChI is InChI=1S/C20H20ClNO5/c1-25-19(23)18(21)11-14-7-9-16(10-8-14)26-13-17-12-22(20(24)27-17)15-5-3-2-4-6-15/h2-10,17-18H,11-13H2,1H3. The molecule has 0 bridgehead atoms. The van der Waals surface area contributed by atoms with E-state index in [0.717, 1.165) is 11.3 Å². The Morgan fingerprint density at radius 2 is 1.93 bits per heavy atom. The average Bonchev–Trinajstić information content (AvgIpc) is 3.08. The van der Waals surface area contributed by atoms with Crippen LogP contribution in [0, 0.1) is 0 Å². The Balaban J connectivity index is 1.50. The van der Waals surface area contributed by atoms with Gasteiger partial charge in [-0.25, -0.2) is 4.79 Å². The molecule has 0 aliphatic carbocycles. The first-order valence-electron chi connectivity index (χ1n) is 8.53. The van der Waals surface area contributed by atoms with Gasteiger partial charge in [0.2, 0.25) is 0 Å². The molecule has 27 heavy (non-hydrogen) atoms. The second kappa shape index (κ2) is 8.77. The Morgan fingerprint density at radius 3 is 2.59 bits per heavy atom. The van der Waals surface area contributed by atoms with Crippen LogP contribution in [0.5, 0.6) is 5.75 Å². The predicted molar refractivity (Wildman–Crippen MR) is 101 cm³/mol. The summed E-state index contributed by atoms with van der Waals surface area (Å²) in [6, 6.07) is 16.6. The topological polar surface area (TPSA) is 65.1 Å². The van der Waals surface area contributed by atoms with Crippen molar-refractivity contribution in [3.63, 3.8) is 0 Å². The number of carbonyl (C=O) groups is 2. The number of halogens is 1. The number of amides is 1. The molecule has 3 rings (SSSR count). The quantitative estimate of drug-likeness (QED) is 0.536. The monoisotopic (exact) mass is 389 g/mol. The van der Waals surface area contributed by atoms with Gasteiger partial charge in [-0.2, -0.15) is 0 Å². The van der Waals surface area contributed by atoms with E-state index < -0.39 is 11.3 Å². The molecule has 0 N–H and O–H groups in total. The van der Waals surface area contributed by atoms with Crippen LogP contribution in [0.25, 0.3) is 0 Å². The van der Waals surface area contributed by atoms with Gasteiger partial charge in [-0.1, -0.05) is 30.3 Å². The maximum atomic E-state index is 12.0. The maximum Gasteiger partial charge on any atom is 0.414 e. The van der Waals surface area contributed by atoms with Gasteiger partial charge < -0.3 is 14.2 Å². The van der Waals surface area contributed by atoms with Crippen molar-refractivity contribution in [1.29, 1.82) is 0 Å². The van der Waals surface area contributed by atoms with E-state index in [2.05, 4.69) is 4.74 Å². The maximum absolute atomic E-state index is 12.0. The highest BCUT2D eigenvalue weighted by atomic mass is 35.5. The lowest BCUT2D eigenvalue weighted by Crippen LogP contribution is -2.26. The molecule has 2 unspecified atom stereocenters. The molecule has 7 heteroatoms. The molecule has 6 nitrogen and oxygen atoms in total. The number of cyclic esters (lactones) is 1. The fourth-order valence-corrected chi connectivity index (χ4v) is 3.02. The van der Waals surface area contributed by atoms with Crippen LogP contribution in [0.4, 0.5) is 10.5 Å². The Kier molecular flexibility index (Phi) is 6.19. The second-order valence-corrected chi connectivity index (χ2v) is 6.63. The van der Waals surface area contributed by atoms with Crippen LogP contribution in [0.1, 0.15) is 5.56 Å². The molecule has 0 radical (unpaired) electrons. The van der Waals surface area contributed by atoms with E-state index in [1.165, 1.54) is 7.11 Å². The number of anilines is 1. The summed E-state index contributed by atoms with van der Waals surface area (Å²) in [7, 11) is 1.31. The number of para-hydroxylation sites is 1. The molecule has 1 heterocycles. The largest absolute Gasteiger partial charge is 0.490 e. The second-order valence-electron chi connectivity index (χ2n) is 6.10. The van der Waals surface area contributed by atoms with E-state index in [-0.39, 0.29) is 18.8 Å². The molecule has 2 atom stereocenters.